The normalized spacial score (nSPS) is 19.8. The summed E-state index contributed by atoms with van der Waals surface area (Å²) in [5.41, 5.74) is 2.35. The van der Waals surface area contributed by atoms with Crippen molar-refractivity contribution in [3.05, 3.63) is 35.4 Å². The highest BCUT2D eigenvalue weighted by molar-refractivity contribution is 5.25. The maximum absolute atomic E-state index is 5.58. The Labute approximate surface area is 108 Å². The summed E-state index contributed by atoms with van der Waals surface area (Å²) in [4.78, 5) is 0. The smallest absolute Gasteiger partial charge is 0.0721 e. The molecule has 0 amide bonds. The first-order valence-corrected chi connectivity index (χ1v) is 6.34. The lowest BCUT2D eigenvalue weighted by Gasteiger charge is -2.12. The van der Waals surface area contributed by atoms with Crippen molar-refractivity contribution in [2.24, 2.45) is 0 Å². The maximum atomic E-state index is 5.58. The third-order valence-electron chi connectivity index (χ3n) is 2.75. The zero-order valence-corrected chi connectivity index (χ0v) is 10.6. The molecule has 0 saturated carbocycles. The zero-order chi connectivity index (χ0) is 12.5. The van der Waals surface area contributed by atoms with Crippen molar-refractivity contribution < 1.29 is 18.9 Å². The van der Waals surface area contributed by atoms with Crippen LogP contribution in [0.5, 0.6) is 0 Å². The Kier molecular flexibility index (Phi) is 6.16. The lowest BCUT2D eigenvalue weighted by atomic mass is 10.1. The molecule has 4 nitrogen and oxygen atoms in total. The van der Waals surface area contributed by atoms with Crippen molar-refractivity contribution in [1.82, 2.24) is 0 Å². The molecule has 1 aliphatic heterocycles. The minimum Gasteiger partial charge on any atom is -0.377 e. The predicted molar refractivity (Wildman–Crippen MR) is 67.4 cm³/mol. The molecule has 1 aromatic rings. The Morgan fingerprint density at radius 1 is 0.556 bits per heavy atom. The van der Waals surface area contributed by atoms with Gasteiger partial charge in [-0.3, -0.25) is 0 Å². The van der Waals surface area contributed by atoms with E-state index >= 15 is 0 Å². The largest absolute Gasteiger partial charge is 0.377 e. The molecule has 0 radical (unpaired) electrons. The van der Waals surface area contributed by atoms with Crippen molar-refractivity contribution in [1.29, 1.82) is 0 Å². The van der Waals surface area contributed by atoms with Gasteiger partial charge < -0.3 is 18.9 Å². The SMILES string of the molecule is c1ccc2c(c1)COCCOCCOCCOC2. The summed E-state index contributed by atoms with van der Waals surface area (Å²) in [6, 6.07) is 8.18. The van der Waals surface area contributed by atoms with Crippen molar-refractivity contribution in [3.63, 3.8) is 0 Å². The first-order chi connectivity index (χ1) is 8.97. The number of benzene rings is 1. The van der Waals surface area contributed by atoms with Gasteiger partial charge in [-0.2, -0.15) is 0 Å². The highest BCUT2D eigenvalue weighted by Gasteiger charge is 2.03. The van der Waals surface area contributed by atoms with Crippen molar-refractivity contribution >= 4 is 0 Å². The van der Waals surface area contributed by atoms with Crippen LogP contribution in [0.15, 0.2) is 24.3 Å². The van der Waals surface area contributed by atoms with Gasteiger partial charge in [0.05, 0.1) is 52.9 Å². The second-order valence-corrected chi connectivity index (χ2v) is 4.10. The molecule has 0 bridgehead atoms. The van der Waals surface area contributed by atoms with E-state index in [0.717, 1.165) is 0 Å². The van der Waals surface area contributed by atoms with E-state index in [9.17, 15) is 0 Å². The van der Waals surface area contributed by atoms with Crippen LogP contribution in [0.25, 0.3) is 0 Å². The zero-order valence-electron chi connectivity index (χ0n) is 10.6. The van der Waals surface area contributed by atoms with Crippen LogP contribution in [0.4, 0.5) is 0 Å². The molecule has 0 aromatic heterocycles. The number of hydrogen-bond acceptors (Lipinski definition) is 4. The van der Waals surface area contributed by atoms with Crippen molar-refractivity contribution in [2.45, 2.75) is 13.2 Å². The van der Waals surface area contributed by atoms with Crippen LogP contribution in [0.1, 0.15) is 11.1 Å². The highest BCUT2D eigenvalue weighted by atomic mass is 16.6. The molecule has 2 rings (SSSR count). The van der Waals surface area contributed by atoms with Gasteiger partial charge in [0, 0.05) is 0 Å². The van der Waals surface area contributed by atoms with E-state index in [2.05, 4.69) is 12.1 Å². The molecule has 1 heterocycles. The molecule has 100 valence electrons. The molecule has 1 aromatic carbocycles. The van der Waals surface area contributed by atoms with E-state index in [1.807, 2.05) is 12.1 Å². The summed E-state index contributed by atoms with van der Waals surface area (Å²) in [6.07, 6.45) is 0. The molecular formula is C14H20O4. The minimum absolute atomic E-state index is 0.606. The van der Waals surface area contributed by atoms with E-state index in [-0.39, 0.29) is 0 Å². The Hall–Kier alpha value is -0.940. The van der Waals surface area contributed by atoms with Gasteiger partial charge >= 0.3 is 0 Å². The molecule has 4 heteroatoms. The third kappa shape index (κ3) is 4.74. The maximum Gasteiger partial charge on any atom is 0.0721 e. The van der Waals surface area contributed by atoms with Crippen LogP contribution in [-0.4, -0.2) is 39.6 Å². The summed E-state index contributed by atoms with van der Waals surface area (Å²) in [5, 5.41) is 0. The molecule has 0 fully saturated rings. The summed E-state index contributed by atoms with van der Waals surface area (Å²) in [6.45, 7) is 4.88. The van der Waals surface area contributed by atoms with Crippen LogP contribution in [0.3, 0.4) is 0 Å². The number of rotatable bonds is 0. The Bertz CT molecular complexity index is 307. The number of hydrogen-bond donors (Lipinski definition) is 0. The van der Waals surface area contributed by atoms with E-state index < -0.39 is 0 Å². The van der Waals surface area contributed by atoms with Crippen LogP contribution in [0, 0.1) is 0 Å². The summed E-state index contributed by atoms with van der Waals surface area (Å²) < 4.78 is 21.9. The highest BCUT2D eigenvalue weighted by Crippen LogP contribution is 2.11. The number of fused-ring (bicyclic) bond motifs is 1. The van der Waals surface area contributed by atoms with E-state index in [0.29, 0.717) is 52.9 Å². The average Bonchev–Trinajstić information content (AvgIpc) is 2.41. The lowest BCUT2D eigenvalue weighted by molar-refractivity contribution is -0.00987. The van der Waals surface area contributed by atoms with Crippen LogP contribution < -0.4 is 0 Å². The molecule has 0 saturated heterocycles. The molecule has 0 N–H and O–H groups in total. The van der Waals surface area contributed by atoms with Gasteiger partial charge in [-0.15, -0.1) is 0 Å². The average molecular weight is 252 g/mol. The quantitative estimate of drug-likeness (QED) is 0.705. The first kappa shape index (κ1) is 13.5. The summed E-state index contributed by atoms with van der Waals surface area (Å²) in [5.74, 6) is 0. The predicted octanol–water partition coefficient (Wildman–Crippen LogP) is 1.77. The van der Waals surface area contributed by atoms with Gasteiger partial charge in [0.25, 0.3) is 0 Å². The second-order valence-electron chi connectivity index (χ2n) is 4.10. The van der Waals surface area contributed by atoms with Gasteiger partial charge in [0.15, 0.2) is 0 Å². The van der Waals surface area contributed by atoms with E-state index in [1.54, 1.807) is 0 Å². The van der Waals surface area contributed by atoms with Gasteiger partial charge in [0.2, 0.25) is 0 Å². The Morgan fingerprint density at radius 2 is 0.944 bits per heavy atom. The molecule has 0 aliphatic carbocycles. The molecule has 0 spiro atoms. The van der Waals surface area contributed by atoms with Crippen LogP contribution >= 0.6 is 0 Å². The molecule has 0 unspecified atom stereocenters. The summed E-state index contributed by atoms with van der Waals surface area (Å²) >= 11 is 0. The second kappa shape index (κ2) is 8.21. The fraction of sp³-hybridized carbons (Fsp3) is 0.571. The van der Waals surface area contributed by atoms with Crippen LogP contribution in [0.2, 0.25) is 0 Å². The van der Waals surface area contributed by atoms with E-state index in [4.69, 9.17) is 18.9 Å². The molecule has 0 atom stereocenters. The fourth-order valence-electron chi connectivity index (χ4n) is 1.76. The Balaban J connectivity index is 1.91. The Morgan fingerprint density at radius 3 is 1.39 bits per heavy atom. The van der Waals surface area contributed by atoms with E-state index in [1.165, 1.54) is 11.1 Å². The monoisotopic (exact) mass is 252 g/mol. The summed E-state index contributed by atoms with van der Waals surface area (Å²) in [7, 11) is 0. The van der Waals surface area contributed by atoms with Gasteiger partial charge in [0.1, 0.15) is 0 Å². The van der Waals surface area contributed by atoms with Gasteiger partial charge in [-0.25, -0.2) is 0 Å². The molecule has 18 heavy (non-hydrogen) atoms. The fourth-order valence-corrected chi connectivity index (χ4v) is 1.76. The standard InChI is InChI=1S/C14H20O4/c1-2-4-14-12-18-10-8-16-6-5-15-7-9-17-11-13(14)3-1/h1-4H,5-12H2. The number of ether oxygens (including phenoxy) is 4. The topological polar surface area (TPSA) is 36.9 Å². The lowest BCUT2D eigenvalue weighted by Crippen LogP contribution is -2.13. The van der Waals surface area contributed by atoms with Gasteiger partial charge in [-0.1, -0.05) is 24.3 Å². The van der Waals surface area contributed by atoms with Gasteiger partial charge in [-0.05, 0) is 11.1 Å². The van der Waals surface area contributed by atoms with Crippen molar-refractivity contribution in [3.8, 4) is 0 Å². The molecular weight excluding hydrogens is 232 g/mol. The first-order valence-electron chi connectivity index (χ1n) is 6.34. The van der Waals surface area contributed by atoms with Crippen LogP contribution in [-0.2, 0) is 32.2 Å². The third-order valence-corrected chi connectivity index (χ3v) is 2.75. The minimum atomic E-state index is 0.606. The molecule has 1 aliphatic rings. The van der Waals surface area contributed by atoms with Crippen molar-refractivity contribution in [2.75, 3.05) is 39.6 Å².